The number of aryl methyl sites for hydroxylation is 1. The first-order valence-electron chi connectivity index (χ1n) is 8.30. The molecule has 2 aromatic rings. The van der Waals surface area contributed by atoms with Crippen LogP contribution in [-0.4, -0.2) is 27.1 Å². The number of aromatic nitrogens is 3. The van der Waals surface area contributed by atoms with Crippen molar-refractivity contribution in [1.82, 2.24) is 14.8 Å². The van der Waals surface area contributed by atoms with Crippen molar-refractivity contribution in [2.45, 2.75) is 50.1 Å². The van der Waals surface area contributed by atoms with Crippen molar-refractivity contribution in [3.63, 3.8) is 0 Å². The molecule has 2 fully saturated rings. The van der Waals surface area contributed by atoms with Gasteiger partial charge in [-0.05, 0) is 18.8 Å². The molecule has 0 saturated heterocycles. The normalized spacial score (nSPS) is 18.3. The van der Waals surface area contributed by atoms with E-state index in [-0.39, 0.29) is 18.8 Å². The summed E-state index contributed by atoms with van der Waals surface area (Å²) in [5, 5.41) is 5.88. The quantitative estimate of drug-likeness (QED) is 0.583. The van der Waals surface area contributed by atoms with Crippen LogP contribution in [0.1, 0.15) is 48.6 Å². The predicted octanol–water partition coefficient (Wildman–Crippen LogP) is 4.81. The molecule has 0 aliphatic heterocycles. The van der Waals surface area contributed by atoms with Crippen LogP contribution in [0.15, 0.2) is 6.20 Å². The highest BCUT2D eigenvalue weighted by Crippen LogP contribution is 2.46. The molecule has 0 spiro atoms. The number of alkyl halides is 5. The van der Waals surface area contributed by atoms with E-state index in [1.807, 2.05) is 0 Å². The zero-order chi connectivity index (χ0) is 19.8. The fourth-order valence-electron chi connectivity index (χ4n) is 2.69. The Bertz CT molecular complexity index is 819. The summed E-state index contributed by atoms with van der Waals surface area (Å²) in [5.74, 6) is -1.62. The highest BCUT2D eigenvalue weighted by Gasteiger charge is 2.43. The van der Waals surface area contributed by atoms with Crippen LogP contribution < -0.4 is 5.32 Å². The first kappa shape index (κ1) is 19.7. The molecule has 5 nitrogen and oxygen atoms in total. The number of amides is 1. The third-order valence-corrected chi connectivity index (χ3v) is 5.45. The number of thiazole rings is 1. The summed E-state index contributed by atoms with van der Waals surface area (Å²) in [6.07, 6.45) is 0.478. The fraction of sp³-hybridized carbons (Fsp3) is 0.562. The van der Waals surface area contributed by atoms with Gasteiger partial charge in [0.05, 0.1) is 10.6 Å². The van der Waals surface area contributed by atoms with E-state index in [0.29, 0.717) is 34.1 Å². The van der Waals surface area contributed by atoms with E-state index in [4.69, 9.17) is 0 Å². The second kappa shape index (κ2) is 7.17. The number of nitrogens with zero attached hydrogens (tertiary/aromatic N) is 3. The van der Waals surface area contributed by atoms with E-state index < -0.39 is 17.1 Å². The maximum atomic E-state index is 12.7. The first-order chi connectivity index (χ1) is 12.6. The van der Waals surface area contributed by atoms with Gasteiger partial charge in [-0.25, -0.2) is 13.8 Å². The lowest BCUT2D eigenvalue weighted by Gasteiger charge is -2.26. The summed E-state index contributed by atoms with van der Waals surface area (Å²) >= 11 is 0.592. The summed E-state index contributed by atoms with van der Waals surface area (Å²) in [6, 6.07) is 0. The molecule has 0 atom stereocenters. The molecule has 4 rings (SSSR count). The van der Waals surface area contributed by atoms with Crippen LogP contribution in [0.25, 0.3) is 10.6 Å². The molecule has 1 N–H and O–H groups in total. The lowest BCUT2D eigenvalue weighted by atomic mass is 9.79. The summed E-state index contributed by atoms with van der Waals surface area (Å²) in [4.78, 5) is 14.6. The molecular formula is C16H17F5N4OS. The van der Waals surface area contributed by atoms with Gasteiger partial charge in [-0.3, -0.25) is 9.48 Å². The van der Waals surface area contributed by atoms with E-state index in [1.54, 1.807) is 7.05 Å². The van der Waals surface area contributed by atoms with Gasteiger partial charge in [0.2, 0.25) is 12.3 Å². The molecule has 148 valence electrons. The zero-order valence-corrected chi connectivity index (χ0v) is 15.1. The molecule has 2 aliphatic rings. The van der Waals surface area contributed by atoms with E-state index >= 15 is 0 Å². The number of hydrogen-bond donors (Lipinski definition) is 1. The number of hydrogen-bond acceptors (Lipinski definition) is 4. The zero-order valence-electron chi connectivity index (χ0n) is 14.3. The van der Waals surface area contributed by atoms with E-state index in [9.17, 15) is 26.7 Å². The fourth-order valence-corrected chi connectivity index (χ4v) is 3.56. The molecule has 27 heavy (non-hydrogen) atoms. The third-order valence-electron chi connectivity index (χ3n) is 4.40. The maximum absolute atomic E-state index is 12.7. The van der Waals surface area contributed by atoms with Gasteiger partial charge in [-0.2, -0.15) is 18.3 Å². The topological polar surface area (TPSA) is 59.8 Å². The monoisotopic (exact) mass is 408 g/mol. The Morgan fingerprint density at radius 1 is 1.33 bits per heavy atom. The summed E-state index contributed by atoms with van der Waals surface area (Å²) in [7, 11) is 1.65. The van der Waals surface area contributed by atoms with Gasteiger partial charge < -0.3 is 5.32 Å². The summed E-state index contributed by atoms with van der Waals surface area (Å²) in [6.45, 7) is 0. The smallest absolute Gasteiger partial charge is 0.312 e. The third kappa shape index (κ3) is 4.45. The first-order valence-corrected chi connectivity index (χ1v) is 9.12. The van der Waals surface area contributed by atoms with Crippen molar-refractivity contribution < 1.29 is 26.7 Å². The van der Waals surface area contributed by atoms with Crippen molar-refractivity contribution in [2.24, 2.45) is 7.05 Å². The van der Waals surface area contributed by atoms with Crippen LogP contribution in [0, 0.1) is 0 Å². The highest BCUT2D eigenvalue weighted by atomic mass is 32.1. The number of carbonyl (C=O) groups excluding carboxylic acids is 1. The molecule has 0 bridgehead atoms. The van der Waals surface area contributed by atoms with Crippen LogP contribution in [0.4, 0.5) is 27.8 Å². The van der Waals surface area contributed by atoms with Crippen molar-refractivity contribution in [3.05, 3.63) is 16.8 Å². The molecule has 2 aliphatic carbocycles. The standard InChI is InChI=1S/C13H13F3N4OS.C3H4F2/c1-20-10(8-5-17-12(22-8)13(14,15)16)9(7-3-2-4-7)11(19-20)18-6-21;4-3(5)1-2-3/h5-7H,2-4H2,1H3,(H,18,19,21);1-2H2. The Balaban J connectivity index is 0.000000364. The molecule has 11 heteroatoms. The van der Waals surface area contributed by atoms with Crippen molar-refractivity contribution in [2.75, 3.05) is 5.32 Å². The van der Waals surface area contributed by atoms with Crippen LogP contribution in [0.3, 0.4) is 0 Å². The molecular weight excluding hydrogens is 391 g/mol. The number of nitrogens with one attached hydrogen (secondary N) is 1. The average molecular weight is 408 g/mol. The van der Waals surface area contributed by atoms with Crippen molar-refractivity contribution >= 4 is 23.6 Å². The van der Waals surface area contributed by atoms with Gasteiger partial charge >= 0.3 is 6.18 Å². The number of carbonyl (C=O) groups is 1. The van der Waals surface area contributed by atoms with Crippen LogP contribution in [0.2, 0.25) is 0 Å². The molecule has 2 saturated carbocycles. The van der Waals surface area contributed by atoms with E-state index in [0.717, 1.165) is 24.8 Å². The van der Waals surface area contributed by atoms with Gasteiger partial charge in [0.15, 0.2) is 10.8 Å². The Hall–Kier alpha value is -2.04. The molecule has 2 aromatic heterocycles. The van der Waals surface area contributed by atoms with Gasteiger partial charge in [-0.1, -0.05) is 6.42 Å². The van der Waals surface area contributed by atoms with Crippen LogP contribution >= 0.6 is 11.3 Å². The summed E-state index contributed by atoms with van der Waals surface area (Å²) in [5.41, 5.74) is 1.40. The molecule has 0 unspecified atom stereocenters. The number of rotatable bonds is 4. The minimum atomic E-state index is -4.46. The Labute approximate surface area is 155 Å². The average Bonchev–Trinajstić information content (AvgIpc) is 2.94. The molecule has 0 radical (unpaired) electrons. The Morgan fingerprint density at radius 3 is 2.37 bits per heavy atom. The minimum Gasteiger partial charge on any atom is -0.312 e. The summed E-state index contributed by atoms with van der Waals surface area (Å²) < 4.78 is 62.0. The molecule has 1 amide bonds. The van der Waals surface area contributed by atoms with Crippen molar-refractivity contribution in [1.29, 1.82) is 0 Å². The van der Waals surface area contributed by atoms with Crippen LogP contribution in [-0.2, 0) is 18.0 Å². The van der Waals surface area contributed by atoms with Gasteiger partial charge in [0.1, 0.15) is 0 Å². The van der Waals surface area contributed by atoms with Crippen LogP contribution in [0.5, 0.6) is 0 Å². The molecule has 0 aromatic carbocycles. The second-order valence-electron chi connectivity index (χ2n) is 6.51. The predicted molar refractivity (Wildman–Crippen MR) is 89.8 cm³/mol. The van der Waals surface area contributed by atoms with E-state index in [1.165, 1.54) is 10.9 Å². The van der Waals surface area contributed by atoms with Gasteiger partial charge in [-0.15, -0.1) is 11.3 Å². The highest BCUT2D eigenvalue weighted by molar-refractivity contribution is 7.15. The largest absolute Gasteiger partial charge is 0.443 e. The maximum Gasteiger partial charge on any atom is 0.443 e. The minimum absolute atomic E-state index is 0.118. The van der Waals surface area contributed by atoms with Gasteiger partial charge in [0.25, 0.3) is 0 Å². The molecule has 2 heterocycles. The number of anilines is 1. The number of halogens is 5. The Morgan fingerprint density at radius 2 is 1.96 bits per heavy atom. The lowest BCUT2D eigenvalue weighted by molar-refractivity contribution is -0.137. The van der Waals surface area contributed by atoms with Crippen molar-refractivity contribution in [3.8, 4) is 10.6 Å². The SMILES string of the molecule is Cn1nc(NC=O)c(C2CCC2)c1-c1cnc(C(F)(F)F)s1.FC1(F)CC1. The Kier molecular flexibility index (Phi) is 5.24. The van der Waals surface area contributed by atoms with E-state index in [2.05, 4.69) is 15.4 Å². The second-order valence-corrected chi connectivity index (χ2v) is 7.54. The lowest BCUT2D eigenvalue weighted by Crippen LogP contribution is -2.11. The van der Waals surface area contributed by atoms with Gasteiger partial charge in [0, 0.05) is 31.6 Å².